The summed E-state index contributed by atoms with van der Waals surface area (Å²) in [6.45, 7) is 3.19. The maximum atomic E-state index is 9.25. The Morgan fingerprint density at radius 2 is 2.17 bits per heavy atom. The number of hydrogen-bond donors (Lipinski definition) is 1. The Bertz CT molecular complexity index is 424. The monoisotopic (exact) mass is 263 g/mol. The second-order valence-corrected chi connectivity index (χ2v) is 5.48. The molecule has 0 spiro atoms. The van der Waals surface area contributed by atoms with E-state index in [1.807, 2.05) is 24.5 Å². The largest absolute Gasteiger partial charge is 0.381 e. The maximum absolute atomic E-state index is 9.25. The van der Waals surface area contributed by atoms with Crippen molar-refractivity contribution in [2.24, 2.45) is 0 Å². The van der Waals surface area contributed by atoms with Gasteiger partial charge < -0.3 is 10.2 Å². The van der Waals surface area contributed by atoms with E-state index in [4.69, 9.17) is 0 Å². The van der Waals surface area contributed by atoms with Gasteiger partial charge in [0.25, 0.3) is 0 Å². The minimum absolute atomic E-state index is 0.358. The van der Waals surface area contributed by atoms with Crippen LogP contribution < -0.4 is 5.32 Å². The number of nitrogens with one attached hydrogen (secondary N) is 1. The van der Waals surface area contributed by atoms with Gasteiger partial charge >= 0.3 is 0 Å². The summed E-state index contributed by atoms with van der Waals surface area (Å²) in [4.78, 5) is 3.20. The summed E-state index contributed by atoms with van der Waals surface area (Å²) in [5.74, 6) is 0. The Morgan fingerprint density at radius 3 is 2.72 bits per heavy atom. The average molecular weight is 263 g/mol. The highest BCUT2D eigenvalue weighted by Gasteiger charge is 2.09. The molecule has 4 heteroatoms. The first-order valence-corrected chi connectivity index (χ1v) is 7.29. The molecule has 3 nitrogen and oxygen atoms in total. The van der Waals surface area contributed by atoms with Gasteiger partial charge in [0, 0.05) is 10.9 Å². The van der Waals surface area contributed by atoms with E-state index in [-0.39, 0.29) is 0 Å². The van der Waals surface area contributed by atoms with Crippen LogP contribution in [-0.4, -0.2) is 37.8 Å². The fourth-order valence-electron chi connectivity index (χ4n) is 1.73. The van der Waals surface area contributed by atoms with E-state index in [1.165, 1.54) is 0 Å². The second-order valence-electron chi connectivity index (χ2n) is 4.63. The van der Waals surface area contributed by atoms with Crippen LogP contribution in [0.5, 0.6) is 0 Å². The standard InChI is InChI=1S/C14H21N3S/c1-11(8-9-17(2)3)16-13-6-5-7-14(18-4)12(13)10-15/h5-7,11,16H,8-9H2,1-4H3. The zero-order valence-electron chi connectivity index (χ0n) is 11.5. The third-order valence-electron chi connectivity index (χ3n) is 2.77. The highest BCUT2D eigenvalue weighted by molar-refractivity contribution is 7.98. The Morgan fingerprint density at radius 1 is 1.44 bits per heavy atom. The van der Waals surface area contributed by atoms with Gasteiger partial charge in [0.1, 0.15) is 6.07 Å². The molecule has 0 aliphatic rings. The fraction of sp³-hybridized carbons (Fsp3) is 0.500. The zero-order chi connectivity index (χ0) is 13.5. The smallest absolute Gasteiger partial charge is 0.102 e. The van der Waals surface area contributed by atoms with E-state index >= 15 is 0 Å². The number of hydrogen-bond acceptors (Lipinski definition) is 4. The predicted octanol–water partition coefficient (Wildman–Crippen LogP) is 3.03. The van der Waals surface area contributed by atoms with Crippen molar-refractivity contribution in [2.45, 2.75) is 24.3 Å². The molecule has 18 heavy (non-hydrogen) atoms. The number of nitriles is 1. The molecule has 1 atom stereocenters. The fourth-order valence-corrected chi connectivity index (χ4v) is 2.30. The van der Waals surface area contributed by atoms with Gasteiger partial charge in [-0.3, -0.25) is 0 Å². The van der Waals surface area contributed by atoms with Crippen LogP contribution in [0.15, 0.2) is 23.1 Å². The minimum Gasteiger partial charge on any atom is -0.381 e. The SMILES string of the molecule is CSc1cccc(NC(C)CCN(C)C)c1C#N. The van der Waals surface area contributed by atoms with Gasteiger partial charge in [0.2, 0.25) is 0 Å². The normalized spacial score (nSPS) is 12.2. The predicted molar refractivity (Wildman–Crippen MR) is 79.2 cm³/mol. The molecule has 1 N–H and O–H groups in total. The van der Waals surface area contributed by atoms with Crippen LogP contribution in [0.2, 0.25) is 0 Å². The third-order valence-corrected chi connectivity index (χ3v) is 3.55. The highest BCUT2D eigenvalue weighted by atomic mass is 32.2. The van der Waals surface area contributed by atoms with E-state index in [9.17, 15) is 5.26 Å². The van der Waals surface area contributed by atoms with Crippen molar-refractivity contribution in [3.8, 4) is 6.07 Å². The molecular formula is C14H21N3S. The Hall–Kier alpha value is -1.18. The quantitative estimate of drug-likeness (QED) is 0.801. The summed E-state index contributed by atoms with van der Waals surface area (Å²) in [7, 11) is 4.14. The maximum Gasteiger partial charge on any atom is 0.102 e. The van der Waals surface area contributed by atoms with Crippen molar-refractivity contribution >= 4 is 17.4 Å². The molecule has 1 aromatic carbocycles. The van der Waals surface area contributed by atoms with Crippen LogP contribution >= 0.6 is 11.8 Å². The Labute approximate surface area is 114 Å². The topological polar surface area (TPSA) is 39.1 Å². The van der Waals surface area contributed by atoms with E-state index < -0.39 is 0 Å². The Kier molecular flexibility index (Phi) is 6.03. The molecule has 1 rings (SSSR count). The lowest BCUT2D eigenvalue weighted by atomic mass is 10.1. The number of benzene rings is 1. The molecule has 0 heterocycles. The van der Waals surface area contributed by atoms with E-state index in [0.29, 0.717) is 6.04 Å². The first kappa shape index (κ1) is 14.9. The molecule has 0 radical (unpaired) electrons. The zero-order valence-corrected chi connectivity index (χ0v) is 12.3. The van der Waals surface area contributed by atoms with Gasteiger partial charge in [-0.2, -0.15) is 5.26 Å². The lowest BCUT2D eigenvalue weighted by Crippen LogP contribution is -2.23. The molecular weight excluding hydrogens is 242 g/mol. The number of nitrogens with zero attached hydrogens (tertiary/aromatic N) is 2. The highest BCUT2D eigenvalue weighted by Crippen LogP contribution is 2.26. The van der Waals surface area contributed by atoms with Gasteiger partial charge in [0.05, 0.1) is 11.3 Å². The molecule has 0 aliphatic carbocycles. The van der Waals surface area contributed by atoms with Gasteiger partial charge in [-0.15, -0.1) is 11.8 Å². The van der Waals surface area contributed by atoms with Crippen LogP contribution in [0.25, 0.3) is 0 Å². The van der Waals surface area contributed by atoms with Gasteiger partial charge in [-0.1, -0.05) is 6.07 Å². The molecule has 1 unspecified atom stereocenters. The lowest BCUT2D eigenvalue weighted by molar-refractivity contribution is 0.390. The van der Waals surface area contributed by atoms with Crippen molar-refractivity contribution in [2.75, 3.05) is 32.2 Å². The number of anilines is 1. The summed E-state index contributed by atoms with van der Waals surface area (Å²) in [6, 6.07) is 8.60. The molecule has 0 saturated heterocycles. The molecule has 0 amide bonds. The number of thioether (sulfide) groups is 1. The lowest BCUT2D eigenvalue weighted by Gasteiger charge is -2.19. The summed E-state index contributed by atoms with van der Waals surface area (Å²) in [5, 5.41) is 12.7. The summed E-state index contributed by atoms with van der Waals surface area (Å²) in [5.41, 5.74) is 1.69. The molecule has 0 bridgehead atoms. The van der Waals surface area contributed by atoms with E-state index in [0.717, 1.165) is 29.1 Å². The van der Waals surface area contributed by atoms with Crippen LogP contribution in [0.4, 0.5) is 5.69 Å². The van der Waals surface area contributed by atoms with E-state index in [1.54, 1.807) is 11.8 Å². The first-order chi connectivity index (χ1) is 8.58. The molecule has 0 fully saturated rings. The molecule has 0 saturated carbocycles. The van der Waals surface area contributed by atoms with Gasteiger partial charge in [0.15, 0.2) is 0 Å². The van der Waals surface area contributed by atoms with Crippen LogP contribution in [0.1, 0.15) is 18.9 Å². The van der Waals surface area contributed by atoms with Crippen LogP contribution in [0, 0.1) is 11.3 Å². The minimum atomic E-state index is 0.358. The van der Waals surface area contributed by atoms with Crippen molar-refractivity contribution in [1.29, 1.82) is 5.26 Å². The average Bonchev–Trinajstić information content (AvgIpc) is 2.36. The second kappa shape index (κ2) is 7.30. The van der Waals surface area contributed by atoms with Crippen molar-refractivity contribution < 1.29 is 0 Å². The summed E-state index contributed by atoms with van der Waals surface area (Å²) >= 11 is 1.61. The van der Waals surface area contributed by atoms with Crippen molar-refractivity contribution in [1.82, 2.24) is 4.90 Å². The summed E-state index contributed by atoms with van der Waals surface area (Å²) in [6.07, 6.45) is 3.05. The summed E-state index contributed by atoms with van der Waals surface area (Å²) < 4.78 is 0. The van der Waals surface area contributed by atoms with E-state index in [2.05, 4.69) is 37.3 Å². The molecule has 0 aliphatic heterocycles. The van der Waals surface area contributed by atoms with Gasteiger partial charge in [-0.25, -0.2) is 0 Å². The Balaban J connectivity index is 2.75. The van der Waals surface area contributed by atoms with Crippen LogP contribution in [-0.2, 0) is 0 Å². The van der Waals surface area contributed by atoms with Crippen molar-refractivity contribution in [3.63, 3.8) is 0 Å². The third kappa shape index (κ3) is 4.25. The number of rotatable bonds is 6. The van der Waals surface area contributed by atoms with Crippen LogP contribution in [0.3, 0.4) is 0 Å². The molecule has 1 aromatic rings. The van der Waals surface area contributed by atoms with Gasteiger partial charge in [-0.05, 0) is 52.4 Å². The first-order valence-electron chi connectivity index (χ1n) is 6.06. The molecule has 0 aromatic heterocycles. The molecule has 98 valence electrons. The van der Waals surface area contributed by atoms with Crippen molar-refractivity contribution in [3.05, 3.63) is 23.8 Å².